The van der Waals surface area contributed by atoms with Crippen molar-refractivity contribution >= 4 is 0 Å². The Morgan fingerprint density at radius 2 is 1.67 bits per heavy atom. The van der Waals surface area contributed by atoms with Gasteiger partial charge in [-0.15, -0.1) is 0 Å². The average Bonchev–Trinajstić information content (AvgIpc) is 2.80. The molecule has 0 aromatic rings. The quantitative estimate of drug-likeness (QED) is 0.720. The van der Waals surface area contributed by atoms with Gasteiger partial charge in [0.2, 0.25) is 0 Å². The Morgan fingerprint density at radius 1 is 1.00 bits per heavy atom. The summed E-state index contributed by atoms with van der Waals surface area (Å²) in [5.74, 6) is 0.457. The second-order valence-corrected chi connectivity index (χ2v) is 6.38. The molecule has 106 valence electrons. The highest BCUT2D eigenvalue weighted by Gasteiger charge is 2.35. The lowest BCUT2D eigenvalue weighted by atomic mass is 9.82. The summed E-state index contributed by atoms with van der Waals surface area (Å²) in [5.41, 5.74) is 6.25. The number of nitrogens with two attached hydrogens (primary N) is 1. The average molecular weight is 254 g/mol. The summed E-state index contributed by atoms with van der Waals surface area (Å²) in [4.78, 5) is 0. The van der Waals surface area contributed by atoms with E-state index in [1.165, 1.54) is 64.2 Å². The summed E-state index contributed by atoms with van der Waals surface area (Å²) in [6.45, 7) is 1.08. The molecule has 2 rings (SSSR count). The van der Waals surface area contributed by atoms with Gasteiger partial charge < -0.3 is 16.2 Å². The Kier molecular flexibility index (Phi) is 5.46. The fourth-order valence-corrected chi connectivity index (χ4v) is 3.83. The third-order valence-electron chi connectivity index (χ3n) is 5.09. The van der Waals surface area contributed by atoms with Crippen LogP contribution in [-0.4, -0.2) is 29.8 Å². The van der Waals surface area contributed by atoms with Crippen LogP contribution in [0.4, 0.5) is 0 Å². The van der Waals surface area contributed by atoms with Crippen molar-refractivity contribution in [2.24, 2.45) is 11.7 Å². The summed E-state index contributed by atoms with van der Waals surface area (Å²) in [6, 6.07) is 0.498. The third kappa shape index (κ3) is 3.46. The molecule has 0 amide bonds. The molecule has 0 heterocycles. The minimum absolute atomic E-state index is 0.156. The van der Waals surface area contributed by atoms with Gasteiger partial charge >= 0.3 is 0 Å². The zero-order chi connectivity index (χ0) is 12.8. The minimum Gasteiger partial charge on any atom is -0.396 e. The molecule has 0 aliphatic heterocycles. The van der Waals surface area contributed by atoms with E-state index in [-0.39, 0.29) is 5.54 Å². The van der Waals surface area contributed by atoms with Crippen molar-refractivity contribution in [3.8, 4) is 0 Å². The van der Waals surface area contributed by atoms with Crippen molar-refractivity contribution in [3.05, 3.63) is 0 Å². The SMILES string of the molecule is NCC1(NC2CCCC2CO)CCCCCCC1. The van der Waals surface area contributed by atoms with Crippen LogP contribution >= 0.6 is 0 Å². The van der Waals surface area contributed by atoms with Gasteiger partial charge in [0.05, 0.1) is 0 Å². The topological polar surface area (TPSA) is 58.3 Å². The van der Waals surface area contributed by atoms with E-state index in [0.29, 0.717) is 18.6 Å². The van der Waals surface area contributed by atoms with E-state index in [1.54, 1.807) is 0 Å². The highest BCUT2D eigenvalue weighted by molar-refractivity contribution is 4.96. The molecule has 0 bridgehead atoms. The first kappa shape index (κ1) is 14.3. The van der Waals surface area contributed by atoms with Gasteiger partial charge in [-0.25, -0.2) is 0 Å². The molecular weight excluding hydrogens is 224 g/mol. The van der Waals surface area contributed by atoms with Crippen molar-refractivity contribution in [3.63, 3.8) is 0 Å². The number of aliphatic hydroxyl groups excluding tert-OH is 1. The van der Waals surface area contributed by atoms with Crippen LogP contribution in [0, 0.1) is 5.92 Å². The smallest absolute Gasteiger partial charge is 0.0474 e. The van der Waals surface area contributed by atoms with Gasteiger partial charge in [0.1, 0.15) is 0 Å². The second kappa shape index (κ2) is 6.88. The van der Waals surface area contributed by atoms with Crippen LogP contribution in [0.5, 0.6) is 0 Å². The summed E-state index contributed by atoms with van der Waals surface area (Å²) in [6.07, 6.45) is 12.8. The predicted octanol–water partition coefficient (Wildman–Crippen LogP) is 2.18. The van der Waals surface area contributed by atoms with Crippen LogP contribution in [0.2, 0.25) is 0 Å². The molecule has 4 N–H and O–H groups in total. The lowest BCUT2D eigenvalue weighted by Gasteiger charge is -2.39. The van der Waals surface area contributed by atoms with Gasteiger partial charge in [0.15, 0.2) is 0 Å². The van der Waals surface area contributed by atoms with E-state index < -0.39 is 0 Å². The molecule has 3 nitrogen and oxygen atoms in total. The van der Waals surface area contributed by atoms with E-state index in [2.05, 4.69) is 5.32 Å². The Morgan fingerprint density at radius 3 is 2.28 bits per heavy atom. The summed E-state index contributed by atoms with van der Waals surface area (Å²) >= 11 is 0. The van der Waals surface area contributed by atoms with Crippen LogP contribution in [0.15, 0.2) is 0 Å². The van der Waals surface area contributed by atoms with Crippen molar-refractivity contribution < 1.29 is 5.11 Å². The van der Waals surface area contributed by atoms with Crippen molar-refractivity contribution in [2.45, 2.75) is 75.8 Å². The van der Waals surface area contributed by atoms with Gasteiger partial charge in [-0.1, -0.05) is 38.5 Å². The number of hydrogen-bond acceptors (Lipinski definition) is 3. The zero-order valence-electron chi connectivity index (χ0n) is 11.7. The van der Waals surface area contributed by atoms with E-state index in [1.807, 2.05) is 0 Å². The maximum Gasteiger partial charge on any atom is 0.0474 e. The largest absolute Gasteiger partial charge is 0.396 e. The van der Waals surface area contributed by atoms with Gasteiger partial charge in [0, 0.05) is 24.7 Å². The molecule has 2 saturated carbocycles. The molecule has 3 heteroatoms. The summed E-state index contributed by atoms with van der Waals surface area (Å²) < 4.78 is 0. The molecule has 2 fully saturated rings. The zero-order valence-corrected chi connectivity index (χ0v) is 11.7. The molecule has 0 aromatic heterocycles. The van der Waals surface area contributed by atoms with Crippen molar-refractivity contribution in [2.75, 3.05) is 13.2 Å². The lowest BCUT2D eigenvalue weighted by Crippen LogP contribution is -2.56. The summed E-state index contributed by atoms with van der Waals surface area (Å²) in [5, 5.41) is 13.3. The molecule has 0 aromatic carbocycles. The van der Waals surface area contributed by atoms with E-state index in [9.17, 15) is 5.11 Å². The van der Waals surface area contributed by atoms with Crippen LogP contribution in [0.1, 0.15) is 64.2 Å². The molecule has 2 unspecified atom stereocenters. The number of rotatable bonds is 4. The Hall–Kier alpha value is -0.120. The Balaban J connectivity index is 1.96. The molecule has 0 spiro atoms. The summed E-state index contributed by atoms with van der Waals surface area (Å²) in [7, 11) is 0. The fraction of sp³-hybridized carbons (Fsp3) is 1.00. The van der Waals surface area contributed by atoms with Crippen LogP contribution in [-0.2, 0) is 0 Å². The van der Waals surface area contributed by atoms with Gasteiger partial charge in [0.25, 0.3) is 0 Å². The molecule has 18 heavy (non-hydrogen) atoms. The van der Waals surface area contributed by atoms with E-state index >= 15 is 0 Å². The highest BCUT2D eigenvalue weighted by Crippen LogP contribution is 2.31. The molecule has 2 atom stereocenters. The monoisotopic (exact) mass is 254 g/mol. The van der Waals surface area contributed by atoms with Gasteiger partial charge in [-0.05, 0) is 31.6 Å². The first-order valence-electron chi connectivity index (χ1n) is 7.88. The fourth-order valence-electron chi connectivity index (χ4n) is 3.83. The maximum atomic E-state index is 9.45. The molecule has 2 aliphatic carbocycles. The predicted molar refractivity (Wildman–Crippen MR) is 75.5 cm³/mol. The normalized spacial score (nSPS) is 33.0. The minimum atomic E-state index is 0.156. The number of aliphatic hydroxyl groups is 1. The van der Waals surface area contributed by atoms with Crippen molar-refractivity contribution in [1.82, 2.24) is 5.32 Å². The van der Waals surface area contributed by atoms with Crippen LogP contribution in [0.25, 0.3) is 0 Å². The third-order valence-corrected chi connectivity index (χ3v) is 5.09. The van der Waals surface area contributed by atoms with Gasteiger partial charge in [-0.2, -0.15) is 0 Å². The highest BCUT2D eigenvalue weighted by atomic mass is 16.3. The first-order valence-corrected chi connectivity index (χ1v) is 7.88. The Bertz CT molecular complexity index is 237. The maximum absolute atomic E-state index is 9.45. The molecule has 0 saturated heterocycles. The van der Waals surface area contributed by atoms with E-state index in [0.717, 1.165) is 6.54 Å². The standard InChI is InChI=1S/C15H30N2O/c16-12-15(9-4-2-1-3-5-10-15)17-14-8-6-7-13(14)11-18/h13-14,17-18H,1-12,16H2. The first-order chi connectivity index (χ1) is 8.79. The van der Waals surface area contributed by atoms with Gasteiger partial charge in [-0.3, -0.25) is 0 Å². The number of nitrogens with one attached hydrogen (secondary N) is 1. The molecule has 2 aliphatic rings. The van der Waals surface area contributed by atoms with E-state index in [4.69, 9.17) is 5.73 Å². The van der Waals surface area contributed by atoms with Crippen LogP contribution in [0.3, 0.4) is 0 Å². The second-order valence-electron chi connectivity index (χ2n) is 6.38. The lowest BCUT2D eigenvalue weighted by molar-refractivity contribution is 0.164. The molecular formula is C15H30N2O. The Labute approximate surface area is 112 Å². The van der Waals surface area contributed by atoms with Crippen molar-refractivity contribution in [1.29, 1.82) is 0 Å². The number of hydrogen-bond donors (Lipinski definition) is 3. The van der Waals surface area contributed by atoms with Crippen LogP contribution < -0.4 is 11.1 Å². The molecule has 0 radical (unpaired) electrons.